The molecular formula is C14H11BrN2O. The molecule has 0 aliphatic carbocycles. The van der Waals surface area contributed by atoms with Crippen molar-refractivity contribution in [3.63, 3.8) is 0 Å². The van der Waals surface area contributed by atoms with Crippen molar-refractivity contribution in [2.45, 2.75) is 0 Å². The fourth-order valence-electron chi connectivity index (χ4n) is 1.60. The van der Waals surface area contributed by atoms with E-state index < -0.39 is 0 Å². The van der Waals surface area contributed by atoms with Crippen LogP contribution < -0.4 is 5.84 Å². The molecule has 18 heavy (non-hydrogen) atoms. The van der Waals surface area contributed by atoms with E-state index in [1.807, 2.05) is 42.5 Å². The number of ketones is 1. The molecule has 0 heterocycles. The molecule has 2 rings (SSSR count). The number of rotatable bonds is 3. The van der Waals surface area contributed by atoms with Crippen LogP contribution in [0.5, 0.6) is 0 Å². The van der Waals surface area contributed by atoms with Gasteiger partial charge in [0, 0.05) is 15.6 Å². The molecule has 0 fully saturated rings. The Morgan fingerprint density at radius 2 is 1.56 bits per heavy atom. The average molecular weight is 303 g/mol. The van der Waals surface area contributed by atoms with Crippen LogP contribution in [0.4, 0.5) is 0 Å². The van der Waals surface area contributed by atoms with Crippen LogP contribution in [0, 0.1) is 0 Å². The van der Waals surface area contributed by atoms with E-state index in [0.717, 1.165) is 4.47 Å². The number of hydrogen-bond donors (Lipinski definition) is 1. The maximum absolute atomic E-state index is 12.3. The quantitative estimate of drug-likeness (QED) is 0.410. The van der Waals surface area contributed by atoms with Crippen molar-refractivity contribution >= 4 is 27.4 Å². The van der Waals surface area contributed by atoms with Crippen molar-refractivity contribution in [1.29, 1.82) is 0 Å². The SMILES string of the molecule is N/N=C(\C(=O)c1ccc(Br)cc1)c1ccccc1. The first kappa shape index (κ1) is 12.5. The van der Waals surface area contributed by atoms with Crippen molar-refractivity contribution in [3.05, 3.63) is 70.2 Å². The standard InChI is InChI=1S/C14H11BrN2O/c15-12-8-6-11(7-9-12)14(18)13(17-16)10-4-2-1-3-5-10/h1-9H,16H2/b17-13-. The number of hydrazone groups is 1. The topological polar surface area (TPSA) is 55.4 Å². The van der Waals surface area contributed by atoms with Gasteiger partial charge in [-0.3, -0.25) is 4.79 Å². The minimum absolute atomic E-state index is 0.184. The van der Waals surface area contributed by atoms with E-state index in [2.05, 4.69) is 21.0 Å². The number of nitrogens with two attached hydrogens (primary N) is 1. The van der Waals surface area contributed by atoms with Crippen molar-refractivity contribution in [1.82, 2.24) is 0 Å². The van der Waals surface area contributed by atoms with Crippen molar-refractivity contribution < 1.29 is 4.79 Å². The van der Waals surface area contributed by atoms with E-state index in [0.29, 0.717) is 11.1 Å². The van der Waals surface area contributed by atoms with Crippen LogP contribution in [0.3, 0.4) is 0 Å². The second kappa shape index (κ2) is 5.60. The normalized spacial score (nSPS) is 11.3. The van der Waals surface area contributed by atoms with Gasteiger partial charge in [0.2, 0.25) is 5.78 Å². The molecule has 0 bridgehead atoms. The van der Waals surface area contributed by atoms with Crippen LogP contribution in [0.15, 0.2) is 64.2 Å². The van der Waals surface area contributed by atoms with Crippen LogP contribution in [0.2, 0.25) is 0 Å². The Labute approximate surface area is 113 Å². The third-order valence-corrected chi connectivity index (χ3v) is 3.03. The third kappa shape index (κ3) is 2.65. The van der Waals surface area contributed by atoms with Gasteiger partial charge in [0.15, 0.2) is 0 Å². The molecule has 3 nitrogen and oxygen atoms in total. The summed E-state index contributed by atoms with van der Waals surface area (Å²) in [5.74, 6) is 5.15. The zero-order chi connectivity index (χ0) is 13.0. The number of carbonyl (C=O) groups excluding carboxylic acids is 1. The highest BCUT2D eigenvalue weighted by Gasteiger charge is 2.15. The van der Waals surface area contributed by atoms with Gasteiger partial charge in [-0.1, -0.05) is 46.3 Å². The molecule has 0 aromatic heterocycles. The Hall–Kier alpha value is -1.94. The lowest BCUT2D eigenvalue weighted by Crippen LogP contribution is -2.17. The molecule has 0 spiro atoms. The minimum Gasteiger partial charge on any atom is -0.323 e. The molecule has 2 aromatic rings. The number of nitrogens with zero attached hydrogens (tertiary/aromatic N) is 1. The van der Waals surface area contributed by atoms with Gasteiger partial charge in [0.1, 0.15) is 5.71 Å². The molecule has 0 saturated carbocycles. The lowest BCUT2D eigenvalue weighted by atomic mass is 10.0. The Morgan fingerprint density at radius 3 is 2.11 bits per heavy atom. The first-order valence-corrected chi connectivity index (χ1v) is 6.15. The van der Waals surface area contributed by atoms with Crippen LogP contribution in [0.25, 0.3) is 0 Å². The van der Waals surface area contributed by atoms with E-state index in [1.165, 1.54) is 0 Å². The number of Topliss-reactive ketones (excluding diaryl/α,β-unsaturated/α-hetero) is 1. The minimum atomic E-state index is -0.184. The number of benzene rings is 2. The fraction of sp³-hybridized carbons (Fsp3) is 0. The first-order chi connectivity index (χ1) is 8.72. The van der Waals surface area contributed by atoms with Crippen LogP contribution in [-0.4, -0.2) is 11.5 Å². The lowest BCUT2D eigenvalue weighted by molar-refractivity contribution is 0.106. The second-order valence-electron chi connectivity index (χ2n) is 3.68. The van der Waals surface area contributed by atoms with Gasteiger partial charge >= 0.3 is 0 Å². The van der Waals surface area contributed by atoms with Gasteiger partial charge in [-0.15, -0.1) is 0 Å². The lowest BCUT2D eigenvalue weighted by Gasteiger charge is -2.04. The van der Waals surface area contributed by atoms with E-state index in [1.54, 1.807) is 12.1 Å². The van der Waals surface area contributed by atoms with Crippen molar-refractivity contribution in [2.75, 3.05) is 0 Å². The Bertz CT molecular complexity index is 577. The van der Waals surface area contributed by atoms with E-state index in [-0.39, 0.29) is 11.5 Å². The highest BCUT2D eigenvalue weighted by atomic mass is 79.9. The molecule has 0 saturated heterocycles. The average Bonchev–Trinajstić information content (AvgIpc) is 2.41. The highest BCUT2D eigenvalue weighted by molar-refractivity contribution is 9.10. The van der Waals surface area contributed by atoms with Crippen LogP contribution in [-0.2, 0) is 0 Å². The van der Waals surface area contributed by atoms with Gasteiger partial charge in [-0.05, 0) is 24.3 Å². The summed E-state index contributed by atoms with van der Waals surface area (Å²) in [5, 5.41) is 3.61. The monoisotopic (exact) mass is 302 g/mol. The maximum Gasteiger partial charge on any atom is 0.213 e. The molecule has 0 amide bonds. The second-order valence-corrected chi connectivity index (χ2v) is 4.60. The zero-order valence-electron chi connectivity index (χ0n) is 9.51. The third-order valence-electron chi connectivity index (χ3n) is 2.50. The van der Waals surface area contributed by atoms with E-state index in [9.17, 15) is 4.79 Å². The molecule has 2 N–H and O–H groups in total. The molecule has 0 unspecified atom stereocenters. The summed E-state index contributed by atoms with van der Waals surface area (Å²) in [7, 11) is 0. The summed E-state index contributed by atoms with van der Waals surface area (Å²) in [6.07, 6.45) is 0. The molecule has 0 radical (unpaired) electrons. The molecular weight excluding hydrogens is 292 g/mol. The van der Waals surface area contributed by atoms with E-state index >= 15 is 0 Å². The first-order valence-electron chi connectivity index (χ1n) is 5.36. The fourth-order valence-corrected chi connectivity index (χ4v) is 1.86. The Balaban J connectivity index is 2.35. The smallest absolute Gasteiger partial charge is 0.213 e. The summed E-state index contributed by atoms with van der Waals surface area (Å²) >= 11 is 3.33. The molecule has 0 aliphatic heterocycles. The van der Waals surface area contributed by atoms with Crippen molar-refractivity contribution in [2.24, 2.45) is 10.9 Å². The summed E-state index contributed by atoms with van der Waals surface area (Å²) < 4.78 is 0.921. The van der Waals surface area contributed by atoms with Gasteiger partial charge in [-0.2, -0.15) is 5.10 Å². The van der Waals surface area contributed by atoms with Gasteiger partial charge in [0.25, 0.3) is 0 Å². The summed E-state index contributed by atoms with van der Waals surface area (Å²) in [6.45, 7) is 0. The number of halogens is 1. The van der Waals surface area contributed by atoms with Crippen LogP contribution >= 0.6 is 15.9 Å². The van der Waals surface area contributed by atoms with Gasteiger partial charge in [0.05, 0.1) is 0 Å². The highest BCUT2D eigenvalue weighted by Crippen LogP contribution is 2.13. The Morgan fingerprint density at radius 1 is 0.944 bits per heavy atom. The van der Waals surface area contributed by atoms with Crippen molar-refractivity contribution in [3.8, 4) is 0 Å². The molecule has 2 aromatic carbocycles. The molecule has 0 atom stereocenters. The molecule has 90 valence electrons. The Kier molecular flexibility index (Phi) is 3.89. The number of carbonyl (C=O) groups is 1. The predicted octanol–water partition coefficient (Wildman–Crippen LogP) is 2.99. The molecule has 4 heteroatoms. The van der Waals surface area contributed by atoms with Crippen LogP contribution in [0.1, 0.15) is 15.9 Å². The summed E-state index contributed by atoms with van der Waals surface area (Å²) in [6, 6.07) is 16.3. The van der Waals surface area contributed by atoms with E-state index in [4.69, 9.17) is 5.84 Å². The molecule has 0 aliphatic rings. The predicted molar refractivity (Wildman–Crippen MR) is 75.6 cm³/mol. The maximum atomic E-state index is 12.3. The zero-order valence-corrected chi connectivity index (χ0v) is 11.1. The van der Waals surface area contributed by atoms with Gasteiger partial charge < -0.3 is 5.84 Å². The number of hydrogen-bond acceptors (Lipinski definition) is 3. The largest absolute Gasteiger partial charge is 0.323 e. The summed E-state index contributed by atoms with van der Waals surface area (Å²) in [5.41, 5.74) is 1.54. The summed E-state index contributed by atoms with van der Waals surface area (Å²) in [4.78, 5) is 12.3. The van der Waals surface area contributed by atoms with Gasteiger partial charge in [-0.25, -0.2) is 0 Å².